The van der Waals surface area contributed by atoms with Gasteiger partial charge < -0.3 is 10.1 Å². The van der Waals surface area contributed by atoms with E-state index in [0.29, 0.717) is 38.3 Å². The lowest BCUT2D eigenvalue weighted by Gasteiger charge is -2.40. The van der Waals surface area contributed by atoms with Crippen LogP contribution in [0.25, 0.3) is 0 Å². The number of hydrazone groups is 1. The predicted octanol–water partition coefficient (Wildman–Crippen LogP) is 2.33. The summed E-state index contributed by atoms with van der Waals surface area (Å²) in [5.41, 5.74) is 3.21. The number of ether oxygens (including phenoxy) is 1. The summed E-state index contributed by atoms with van der Waals surface area (Å²) in [5.74, 6) is -0.273. The van der Waals surface area contributed by atoms with Gasteiger partial charge >= 0.3 is 0 Å². The number of nitrogens with zero attached hydrogens (tertiary/aromatic N) is 2. The van der Waals surface area contributed by atoms with Crippen LogP contribution in [0, 0.1) is 19.3 Å². The maximum atomic E-state index is 12.5. The number of amides is 2. The zero-order chi connectivity index (χ0) is 18.0. The molecule has 25 heavy (non-hydrogen) atoms. The minimum Gasteiger partial charge on any atom is -0.380 e. The summed E-state index contributed by atoms with van der Waals surface area (Å²) in [5, 5.41) is 8.71. The number of nitrogens with one attached hydrogen (secondary N) is 1. The van der Waals surface area contributed by atoms with Gasteiger partial charge in [-0.05, 0) is 37.5 Å². The molecule has 0 aliphatic carbocycles. The Kier molecular flexibility index (Phi) is 4.90. The highest BCUT2D eigenvalue weighted by molar-refractivity contribution is 6.40. The maximum Gasteiger partial charge on any atom is 0.267 e. The number of hydrogen-bond donors (Lipinski definition) is 1. The molecule has 0 aromatic heterocycles. The number of aryl methyl sites for hydroxylation is 2. The van der Waals surface area contributed by atoms with Crippen LogP contribution < -0.4 is 10.3 Å². The molecule has 0 unspecified atom stereocenters. The molecule has 0 atom stereocenters. The van der Waals surface area contributed by atoms with E-state index < -0.39 is 0 Å². The second-order valence-corrected chi connectivity index (χ2v) is 7.07. The lowest BCUT2D eigenvalue weighted by molar-refractivity contribution is -0.125. The van der Waals surface area contributed by atoms with Gasteiger partial charge in [-0.15, -0.1) is 0 Å². The smallest absolute Gasteiger partial charge is 0.267 e. The molecule has 1 fully saturated rings. The van der Waals surface area contributed by atoms with Gasteiger partial charge in [0.25, 0.3) is 5.91 Å². The van der Waals surface area contributed by atoms with Gasteiger partial charge in [-0.2, -0.15) is 5.10 Å². The number of carbonyl (C=O) groups is 2. The number of anilines is 1. The van der Waals surface area contributed by atoms with Crippen LogP contribution >= 0.6 is 0 Å². The van der Waals surface area contributed by atoms with Crippen molar-refractivity contribution >= 4 is 23.2 Å². The number of benzene rings is 1. The van der Waals surface area contributed by atoms with Crippen LogP contribution in [-0.2, 0) is 14.3 Å². The number of carbonyl (C=O) groups excluding carboxylic acids is 2. The van der Waals surface area contributed by atoms with E-state index in [0.717, 1.165) is 23.2 Å². The van der Waals surface area contributed by atoms with E-state index in [1.54, 1.807) is 0 Å². The van der Waals surface area contributed by atoms with E-state index in [1.807, 2.05) is 32.0 Å². The average Bonchev–Trinajstić information content (AvgIpc) is 2.57. The van der Waals surface area contributed by atoms with Gasteiger partial charge in [-0.3, -0.25) is 9.59 Å². The van der Waals surface area contributed by atoms with E-state index in [-0.39, 0.29) is 17.2 Å². The average molecular weight is 343 g/mol. The first-order valence-corrected chi connectivity index (χ1v) is 8.78. The molecule has 0 bridgehead atoms. The molecule has 2 heterocycles. The Labute approximate surface area is 148 Å². The molecular weight excluding hydrogens is 318 g/mol. The largest absolute Gasteiger partial charge is 0.380 e. The molecule has 0 radical (unpaired) electrons. The minimum absolute atomic E-state index is 0.0491. The molecule has 6 heteroatoms. The molecule has 0 spiro atoms. The van der Waals surface area contributed by atoms with Gasteiger partial charge in [-0.25, -0.2) is 5.01 Å². The third-order valence-corrected chi connectivity index (χ3v) is 5.08. The highest BCUT2D eigenvalue weighted by atomic mass is 16.5. The Hall–Kier alpha value is -2.21. The number of hydrogen-bond acceptors (Lipinski definition) is 4. The first-order chi connectivity index (χ1) is 11.9. The molecule has 6 nitrogen and oxygen atoms in total. The fraction of sp³-hybridized carbons (Fsp3) is 0.526. The fourth-order valence-electron chi connectivity index (χ4n) is 3.04. The van der Waals surface area contributed by atoms with Crippen molar-refractivity contribution in [2.24, 2.45) is 10.5 Å². The third kappa shape index (κ3) is 3.58. The van der Waals surface area contributed by atoms with Crippen molar-refractivity contribution in [1.29, 1.82) is 0 Å². The second-order valence-electron chi connectivity index (χ2n) is 7.07. The quantitative estimate of drug-likeness (QED) is 0.892. The topological polar surface area (TPSA) is 71.0 Å². The third-order valence-electron chi connectivity index (χ3n) is 5.08. The fourth-order valence-corrected chi connectivity index (χ4v) is 3.04. The van der Waals surface area contributed by atoms with Gasteiger partial charge in [0, 0.05) is 24.8 Å². The van der Waals surface area contributed by atoms with Crippen molar-refractivity contribution in [2.75, 3.05) is 24.8 Å². The lowest BCUT2D eigenvalue weighted by atomic mass is 9.83. The summed E-state index contributed by atoms with van der Waals surface area (Å²) >= 11 is 0. The van der Waals surface area contributed by atoms with Gasteiger partial charge in [0.05, 0.1) is 18.9 Å². The SMILES string of the molecule is CCC1(CNC(=O)C2=NN(c3cc(C)ccc3C)C(=O)CC2)COC1. The molecule has 1 saturated heterocycles. The summed E-state index contributed by atoms with van der Waals surface area (Å²) in [6.45, 7) is 7.96. The Morgan fingerprint density at radius 2 is 2.08 bits per heavy atom. The van der Waals surface area contributed by atoms with Crippen molar-refractivity contribution in [3.05, 3.63) is 29.3 Å². The summed E-state index contributed by atoms with van der Waals surface area (Å²) in [7, 11) is 0. The molecule has 1 aromatic rings. The van der Waals surface area contributed by atoms with E-state index >= 15 is 0 Å². The van der Waals surface area contributed by atoms with Crippen LogP contribution in [0.5, 0.6) is 0 Å². The molecule has 134 valence electrons. The lowest BCUT2D eigenvalue weighted by Crippen LogP contribution is -2.51. The summed E-state index contributed by atoms with van der Waals surface area (Å²) in [4.78, 5) is 24.8. The van der Waals surface area contributed by atoms with Crippen molar-refractivity contribution in [2.45, 2.75) is 40.0 Å². The number of rotatable bonds is 5. The molecule has 2 aliphatic heterocycles. The first-order valence-electron chi connectivity index (χ1n) is 8.78. The molecule has 1 aromatic carbocycles. The van der Waals surface area contributed by atoms with Gasteiger partial charge in [0.1, 0.15) is 5.71 Å². The highest BCUT2D eigenvalue weighted by Gasteiger charge is 2.37. The normalized spacial score (nSPS) is 19.2. The first kappa shape index (κ1) is 17.6. The minimum atomic E-state index is -0.192. The molecule has 3 rings (SSSR count). The zero-order valence-electron chi connectivity index (χ0n) is 15.1. The highest BCUT2D eigenvalue weighted by Crippen LogP contribution is 2.30. The summed E-state index contributed by atoms with van der Waals surface area (Å²) in [6.07, 6.45) is 1.64. The second kappa shape index (κ2) is 6.96. The summed E-state index contributed by atoms with van der Waals surface area (Å²) < 4.78 is 5.29. The molecule has 1 N–H and O–H groups in total. The van der Waals surface area contributed by atoms with Crippen molar-refractivity contribution in [3.63, 3.8) is 0 Å². The van der Waals surface area contributed by atoms with Crippen LogP contribution in [-0.4, -0.2) is 37.3 Å². The van der Waals surface area contributed by atoms with Gasteiger partial charge in [-0.1, -0.05) is 19.1 Å². The van der Waals surface area contributed by atoms with Gasteiger partial charge in [0.15, 0.2) is 0 Å². The van der Waals surface area contributed by atoms with Crippen molar-refractivity contribution in [3.8, 4) is 0 Å². The van der Waals surface area contributed by atoms with Crippen molar-refractivity contribution in [1.82, 2.24) is 5.32 Å². The van der Waals surface area contributed by atoms with E-state index in [1.165, 1.54) is 5.01 Å². The molecule has 0 saturated carbocycles. The van der Waals surface area contributed by atoms with Crippen LogP contribution in [0.1, 0.15) is 37.3 Å². The van der Waals surface area contributed by atoms with Crippen molar-refractivity contribution < 1.29 is 14.3 Å². The van der Waals surface area contributed by atoms with Crippen LogP contribution in [0.3, 0.4) is 0 Å². The monoisotopic (exact) mass is 343 g/mol. The van der Waals surface area contributed by atoms with E-state index in [4.69, 9.17) is 4.74 Å². The Morgan fingerprint density at radius 3 is 2.72 bits per heavy atom. The molecule has 2 aliphatic rings. The zero-order valence-corrected chi connectivity index (χ0v) is 15.1. The molecular formula is C19H25N3O3. The standard InChI is InChI=1S/C19H25N3O3/c1-4-19(11-25-12-19)10-20-18(24)15-7-8-17(23)22(21-15)16-9-13(2)5-6-14(16)3/h5-6,9H,4,7-8,10-12H2,1-3H3,(H,20,24). The maximum absolute atomic E-state index is 12.5. The van der Waals surface area contributed by atoms with Crippen LogP contribution in [0.4, 0.5) is 5.69 Å². The van der Waals surface area contributed by atoms with E-state index in [2.05, 4.69) is 17.3 Å². The van der Waals surface area contributed by atoms with Gasteiger partial charge in [0.2, 0.25) is 5.91 Å². The molecule has 2 amide bonds. The Morgan fingerprint density at radius 1 is 1.32 bits per heavy atom. The van der Waals surface area contributed by atoms with Crippen LogP contribution in [0.15, 0.2) is 23.3 Å². The Balaban J connectivity index is 1.76. The van der Waals surface area contributed by atoms with E-state index in [9.17, 15) is 9.59 Å². The summed E-state index contributed by atoms with van der Waals surface area (Å²) in [6, 6.07) is 5.88. The Bertz CT molecular complexity index is 717. The predicted molar refractivity (Wildman–Crippen MR) is 96.6 cm³/mol. The van der Waals surface area contributed by atoms with Crippen LogP contribution in [0.2, 0.25) is 0 Å².